The van der Waals surface area contributed by atoms with E-state index in [0.717, 1.165) is 5.56 Å². The molecule has 92 valence electrons. The number of aromatic nitrogens is 1. The standard InChI is InChI=1S/C14H15N3O/c15-12(10-11-6-2-1-3-7-11)14(18)17-13-8-4-5-9-16-13/h1-9,12H,10,15H2,(H,16,17,18)/t12-/m0/s1. The molecule has 0 aliphatic heterocycles. The molecule has 18 heavy (non-hydrogen) atoms. The quantitative estimate of drug-likeness (QED) is 0.854. The summed E-state index contributed by atoms with van der Waals surface area (Å²) >= 11 is 0. The molecule has 0 aliphatic carbocycles. The summed E-state index contributed by atoms with van der Waals surface area (Å²) in [6, 6.07) is 14.5. The third-order valence-electron chi connectivity index (χ3n) is 2.55. The van der Waals surface area contributed by atoms with Gasteiger partial charge in [-0.05, 0) is 24.1 Å². The number of rotatable bonds is 4. The number of nitrogens with one attached hydrogen (secondary N) is 1. The molecule has 1 aromatic heterocycles. The maximum Gasteiger partial charge on any atom is 0.242 e. The van der Waals surface area contributed by atoms with Crippen LogP contribution in [0.2, 0.25) is 0 Å². The lowest BCUT2D eigenvalue weighted by atomic mass is 10.1. The predicted molar refractivity (Wildman–Crippen MR) is 71.0 cm³/mol. The Kier molecular flexibility index (Phi) is 4.04. The topological polar surface area (TPSA) is 68.0 Å². The highest BCUT2D eigenvalue weighted by Crippen LogP contribution is 2.05. The van der Waals surface area contributed by atoms with E-state index in [9.17, 15) is 4.79 Å². The lowest BCUT2D eigenvalue weighted by Gasteiger charge is -2.11. The molecule has 0 unspecified atom stereocenters. The first-order valence-corrected chi connectivity index (χ1v) is 5.77. The number of carbonyl (C=O) groups excluding carboxylic acids is 1. The number of hydrogen-bond donors (Lipinski definition) is 2. The fourth-order valence-corrected chi connectivity index (χ4v) is 1.62. The van der Waals surface area contributed by atoms with Crippen molar-refractivity contribution in [3.8, 4) is 0 Å². The lowest BCUT2D eigenvalue weighted by Crippen LogP contribution is -2.37. The number of benzene rings is 1. The Hall–Kier alpha value is -2.20. The average molecular weight is 241 g/mol. The Labute approximate surface area is 106 Å². The minimum atomic E-state index is -0.575. The molecule has 0 spiro atoms. The summed E-state index contributed by atoms with van der Waals surface area (Å²) in [7, 11) is 0. The lowest BCUT2D eigenvalue weighted by molar-refractivity contribution is -0.117. The Morgan fingerprint density at radius 2 is 1.89 bits per heavy atom. The van der Waals surface area contributed by atoms with Gasteiger partial charge in [0.15, 0.2) is 0 Å². The van der Waals surface area contributed by atoms with E-state index in [0.29, 0.717) is 12.2 Å². The predicted octanol–water partition coefficient (Wildman–Crippen LogP) is 1.59. The number of hydrogen-bond acceptors (Lipinski definition) is 3. The molecule has 0 bridgehead atoms. The Bertz CT molecular complexity index is 499. The van der Waals surface area contributed by atoms with E-state index >= 15 is 0 Å². The van der Waals surface area contributed by atoms with Crippen LogP contribution in [0.3, 0.4) is 0 Å². The van der Waals surface area contributed by atoms with Crippen LogP contribution < -0.4 is 11.1 Å². The van der Waals surface area contributed by atoms with Gasteiger partial charge in [0.25, 0.3) is 0 Å². The minimum absolute atomic E-state index is 0.224. The molecule has 4 nitrogen and oxygen atoms in total. The summed E-state index contributed by atoms with van der Waals surface area (Å²) in [5.41, 5.74) is 6.90. The highest BCUT2D eigenvalue weighted by atomic mass is 16.2. The van der Waals surface area contributed by atoms with E-state index in [1.54, 1.807) is 18.3 Å². The van der Waals surface area contributed by atoms with Crippen molar-refractivity contribution in [2.45, 2.75) is 12.5 Å². The Balaban J connectivity index is 1.93. The van der Waals surface area contributed by atoms with Gasteiger partial charge in [0.1, 0.15) is 5.82 Å². The fourth-order valence-electron chi connectivity index (χ4n) is 1.62. The smallest absolute Gasteiger partial charge is 0.242 e. The first kappa shape index (κ1) is 12.3. The molecule has 0 radical (unpaired) electrons. The van der Waals surface area contributed by atoms with Crippen LogP contribution in [-0.2, 0) is 11.2 Å². The molecule has 1 atom stereocenters. The zero-order valence-corrected chi connectivity index (χ0v) is 9.91. The van der Waals surface area contributed by atoms with Crippen LogP contribution in [0, 0.1) is 0 Å². The molecule has 2 aromatic rings. The summed E-state index contributed by atoms with van der Waals surface area (Å²) in [5, 5.41) is 2.69. The van der Waals surface area contributed by atoms with Crippen LogP contribution in [-0.4, -0.2) is 16.9 Å². The van der Waals surface area contributed by atoms with Crippen LogP contribution in [0.4, 0.5) is 5.82 Å². The van der Waals surface area contributed by atoms with Gasteiger partial charge in [-0.1, -0.05) is 36.4 Å². The van der Waals surface area contributed by atoms with E-state index in [1.807, 2.05) is 36.4 Å². The van der Waals surface area contributed by atoms with E-state index < -0.39 is 6.04 Å². The third kappa shape index (κ3) is 3.40. The molecule has 0 fully saturated rings. The summed E-state index contributed by atoms with van der Waals surface area (Å²) < 4.78 is 0. The normalized spacial score (nSPS) is 11.8. The molecule has 2 rings (SSSR count). The van der Waals surface area contributed by atoms with Crippen LogP contribution >= 0.6 is 0 Å². The minimum Gasteiger partial charge on any atom is -0.320 e. The van der Waals surface area contributed by atoms with Crippen molar-refractivity contribution in [3.63, 3.8) is 0 Å². The van der Waals surface area contributed by atoms with Gasteiger partial charge in [-0.2, -0.15) is 0 Å². The molecule has 1 aromatic carbocycles. The first-order valence-electron chi connectivity index (χ1n) is 5.77. The summed E-state index contributed by atoms with van der Waals surface area (Å²) in [6.07, 6.45) is 2.14. The van der Waals surface area contributed by atoms with E-state index in [2.05, 4.69) is 10.3 Å². The molecule has 1 amide bonds. The van der Waals surface area contributed by atoms with Crippen molar-refractivity contribution in [1.82, 2.24) is 4.98 Å². The zero-order valence-electron chi connectivity index (χ0n) is 9.91. The molecule has 0 saturated heterocycles. The molecule has 0 aliphatic rings. The summed E-state index contributed by atoms with van der Waals surface area (Å²) in [5.74, 6) is 0.295. The molecule has 4 heteroatoms. The number of amides is 1. The maximum absolute atomic E-state index is 11.8. The van der Waals surface area contributed by atoms with Gasteiger partial charge in [-0.3, -0.25) is 4.79 Å². The monoisotopic (exact) mass is 241 g/mol. The molecular weight excluding hydrogens is 226 g/mol. The number of anilines is 1. The van der Waals surface area contributed by atoms with Crippen LogP contribution in [0.5, 0.6) is 0 Å². The van der Waals surface area contributed by atoms with Gasteiger partial charge < -0.3 is 11.1 Å². The number of nitrogens with two attached hydrogens (primary N) is 1. The van der Waals surface area contributed by atoms with Gasteiger partial charge in [0.05, 0.1) is 6.04 Å². The maximum atomic E-state index is 11.8. The summed E-state index contributed by atoms with van der Waals surface area (Å²) in [6.45, 7) is 0. The van der Waals surface area contributed by atoms with Gasteiger partial charge >= 0.3 is 0 Å². The van der Waals surface area contributed by atoms with Gasteiger partial charge in [-0.15, -0.1) is 0 Å². The van der Waals surface area contributed by atoms with Crippen LogP contribution in [0.15, 0.2) is 54.7 Å². The average Bonchev–Trinajstić information content (AvgIpc) is 2.41. The fraction of sp³-hybridized carbons (Fsp3) is 0.143. The SMILES string of the molecule is N[C@@H](Cc1ccccc1)C(=O)Nc1ccccn1. The Morgan fingerprint density at radius 3 is 2.56 bits per heavy atom. The van der Waals surface area contributed by atoms with Crippen LogP contribution in [0.25, 0.3) is 0 Å². The van der Waals surface area contributed by atoms with Gasteiger partial charge in [0, 0.05) is 6.20 Å². The Morgan fingerprint density at radius 1 is 1.17 bits per heavy atom. The number of nitrogens with zero attached hydrogens (tertiary/aromatic N) is 1. The van der Waals surface area contributed by atoms with E-state index in [4.69, 9.17) is 5.73 Å². The van der Waals surface area contributed by atoms with Gasteiger partial charge in [-0.25, -0.2) is 4.98 Å². The van der Waals surface area contributed by atoms with Crippen molar-refractivity contribution in [2.24, 2.45) is 5.73 Å². The molecular formula is C14H15N3O. The summed E-state index contributed by atoms with van der Waals surface area (Å²) in [4.78, 5) is 15.9. The van der Waals surface area contributed by atoms with Crippen molar-refractivity contribution in [1.29, 1.82) is 0 Å². The molecule has 3 N–H and O–H groups in total. The number of pyridine rings is 1. The third-order valence-corrected chi connectivity index (χ3v) is 2.55. The van der Waals surface area contributed by atoms with Crippen molar-refractivity contribution < 1.29 is 4.79 Å². The second-order valence-corrected chi connectivity index (χ2v) is 4.00. The van der Waals surface area contributed by atoms with Crippen molar-refractivity contribution in [2.75, 3.05) is 5.32 Å². The molecule has 1 heterocycles. The van der Waals surface area contributed by atoms with Crippen molar-refractivity contribution in [3.05, 3.63) is 60.3 Å². The van der Waals surface area contributed by atoms with Crippen LogP contribution in [0.1, 0.15) is 5.56 Å². The second kappa shape index (κ2) is 5.93. The highest BCUT2D eigenvalue weighted by Gasteiger charge is 2.14. The second-order valence-electron chi connectivity index (χ2n) is 4.00. The van der Waals surface area contributed by atoms with Gasteiger partial charge in [0.2, 0.25) is 5.91 Å². The van der Waals surface area contributed by atoms with E-state index in [-0.39, 0.29) is 5.91 Å². The largest absolute Gasteiger partial charge is 0.320 e. The molecule has 0 saturated carbocycles. The first-order chi connectivity index (χ1) is 8.75. The highest BCUT2D eigenvalue weighted by molar-refractivity contribution is 5.94. The van der Waals surface area contributed by atoms with Crippen molar-refractivity contribution >= 4 is 11.7 Å². The van der Waals surface area contributed by atoms with E-state index in [1.165, 1.54) is 0 Å². The number of carbonyl (C=O) groups is 1. The zero-order chi connectivity index (χ0) is 12.8.